The van der Waals surface area contributed by atoms with E-state index in [2.05, 4.69) is 19.9 Å². The van der Waals surface area contributed by atoms with Crippen molar-refractivity contribution in [3.8, 4) is 17.2 Å². The average molecular weight is 601 g/mol. The summed E-state index contributed by atoms with van der Waals surface area (Å²) in [6.45, 7) is 8.35. The van der Waals surface area contributed by atoms with Gasteiger partial charge >= 0.3 is 0 Å². The number of aliphatic hydroxyl groups excluding tert-OH is 1. The van der Waals surface area contributed by atoms with Crippen molar-refractivity contribution in [1.29, 1.82) is 0 Å². The van der Waals surface area contributed by atoms with E-state index >= 15 is 0 Å². The lowest BCUT2D eigenvalue weighted by Crippen LogP contribution is -2.32. The zero-order chi connectivity index (χ0) is 31.8. The van der Waals surface area contributed by atoms with Gasteiger partial charge in [0.05, 0.1) is 25.3 Å². The minimum absolute atomic E-state index is 0.0452. The molecule has 234 valence electrons. The van der Waals surface area contributed by atoms with E-state index < -0.39 is 17.7 Å². The molecule has 1 aliphatic rings. The number of hydrogen-bond donors (Lipinski definition) is 1. The van der Waals surface area contributed by atoms with Gasteiger partial charge in [-0.1, -0.05) is 49.7 Å². The molecule has 0 saturated carbocycles. The van der Waals surface area contributed by atoms with Crippen LogP contribution >= 0.6 is 0 Å². The number of Topliss-reactive ketones (excluding diaryl/α,β-unsaturated/α-hetero) is 1. The molecule has 0 spiro atoms. The molecular weight excluding hydrogens is 556 g/mol. The molecule has 3 aromatic carbocycles. The first-order chi connectivity index (χ1) is 21.1. The highest BCUT2D eigenvalue weighted by Gasteiger charge is 2.46. The molecule has 8 nitrogen and oxygen atoms in total. The topological polar surface area (TPSA) is 88.5 Å². The van der Waals surface area contributed by atoms with Crippen LogP contribution in [0.25, 0.3) is 5.76 Å². The summed E-state index contributed by atoms with van der Waals surface area (Å²) in [6, 6.07) is 19.6. The van der Waals surface area contributed by atoms with E-state index in [9.17, 15) is 14.7 Å². The molecule has 1 saturated heterocycles. The molecule has 0 bridgehead atoms. The number of aryl methyl sites for hydroxylation is 1. The highest BCUT2D eigenvalue weighted by molar-refractivity contribution is 6.46. The molecule has 1 N–H and O–H groups in total. The monoisotopic (exact) mass is 600 g/mol. The number of amides is 1. The number of nitrogens with zero attached hydrogens (tertiary/aromatic N) is 2. The Labute approximate surface area is 260 Å². The maximum absolute atomic E-state index is 13.5. The second-order valence-electron chi connectivity index (χ2n) is 11.9. The Kier molecular flexibility index (Phi) is 11.1. The van der Waals surface area contributed by atoms with E-state index in [-0.39, 0.29) is 11.3 Å². The van der Waals surface area contributed by atoms with Crippen LogP contribution in [0.15, 0.2) is 72.3 Å². The first kappa shape index (κ1) is 32.6. The van der Waals surface area contributed by atoms with Gasteiger partial charge in [0.2, 0.25) is 0 Å². The van der Waals surface area contributed by atoms with E-state index in [4.69, 9.17) is 14.2 Å². The Hall–Kier alpha value is -4.30. The van der Waals surface area contributed by atoms with Gasteiger partial charge in [0.15, 0.2) is 11.5 Å². The molecule has 44 heavy (non-hydrogen) atoms. The molecule has 0 aromatic heterocycles. The Bertz CT molecular complexity index is 1480. The molecule has 3 aromatic rings. The molecule has 0 radical (unpaired) electrons. The first-order valence-electron chi connectivity index (χ1n) is 15.1. The van der Waals surface area contributed by atoms with Crippen molar-refractivity contribution in [2.24, 2.45) is 5.92 Å². The summed E-state index contributed by atoms with van der Waals surface area (Å²) in [7, 11) is 5.48. The number of ketones is 1. The normalized spacial score (nSPS) is 16.2. The van der Waals surface area contributed by atoms with Crippen LogP contribution in [0.3, 0.4) is 0 Å². The molecule has 0 aliphatic carbocycles. The number of hydrogen-bond acceptors (Lipinski definition) is 7. The minimum Gasteiger partial charge on any atom is -0.507 e. The van der Waals surface area contributed by atoms with Crippen LogP contribution in [0.5, 0.6) is 17.2 Å². The molecule has 1 fully saturated rings. The average Bonchev–Trinajstić information content (AvgIpc) is 3.25. The number of benzene rings is 3. The second kappa shape index (κ2) is 14.9. The summed E-state index contributed by atoms with van der Waals surface area (Å²) >= 11 is 0. The number of carbonyl (C=O) groups is 2. The SMILES string of the molecule is COc1cc(C2/C(=C(\O)c3ccc(OCc4cccc(C)c4)cc3)C(=O)C(=O)N2CCCN(C)C)ccc1OCCC(C)C. The van der Waals surface area contributed by atoms with Gasteiger partial charge in [0.1, 0.15) is 18.1 Å². The van der Waals surface area contributed by atoms with E-state index in [1.54, 1.807) is 48.4 Å². The Balaban J connectivity index is 1.66. The molecule has 1 atom stereocenters. The molecular formula is C36H44N2O6. The molecule has 1 heterocycles. The van der Waals surface area contributed by atoms with Gasteiger partial charge < -0.3 is 29.1 Å². The highest BCUT2D eigenvalue weighted by atomic mass is 16.5. The van der Waals surface area contributed by atoms with Gasteiger partial charge in [0, 0.05) is 12.1 Å². The van der Waals surface area contributed by atoms with Crippen molar-refractivity contribution >= 4 is 17.4 Å². The van der Waals surface area contributed by atoms with Crippen LogP contribution in [-0.2, 0) is 16.2 Å². The summed E-state index contributed by atoms with van der Waals surface area (Å²) in [4.78, 5) is 30.4. The third-order valence-electron chi connectivity index (χ3n) is 7.62. The fourth-order valence-electron chi connectivity index (χ4n) is 5.23. The van der Waals surface area contributed by atoms with E-state index in [0.717, 1.165) is 24.1 Å². The Morgan fingerprint density at radius 3 is 2.39 bits per heavy atom. The van der Waals surface area contributed by atoms with E-state index in [1.165, 1.54) is 0 Å². The predicted octanol–water partition coefficient (Wildman–Crippen LogP) is 6.38. The number of ether oxygens (including phenoxy) is 3. The lowest BCUT2D eigenvalue weighted by Gasteiger charge is -2.26. The smallest absolute Gasteiger partial charge is 0.295 e. The summed E-state index contributed by atoms with van der Waals surface area (Å²) in [5.41, 5.74) is 3.33. The summed E-state index contributed by atoms with van der Waals surface area (Å²) in [5, 5.41) is 11.5. The van der Waals surface area contributed by atoms with Crippen molar-refractivity contribution < 1.29 is 28.9 Å². The lowest BCUT2D eigenvalue weighted by atomic mass is 9.95. The van der Waals surface area contributed by atoms with Gasteiger partial charge in [-0.3, -0.25) is 9.59 Å². The maximum atomic E-state index is 13.5. The van der Waals surface area contributed by atoms with Crippen LogP contribution in [0.4, 0.5) is 0 Å². The zero-order valence-electron chi connectivity index (χ0n) is 26.6. The van der Waals surface area contributed by atoms with E-state index in [0.29, 0.717) is 60.5 Å². The van der Waals surface area contributed by atoms with Crippen LogP contribution in [-0.4, -0.2) is 67.5 Å². The van der Waals surface area contributed by atoms with Crippen molar-refractivity contribution in [3.63, 3.8) is 0 Å². The molecule has 8 heteroatoms. The quantitative estimate of drug-likeness (QED) is 0.131. The van der Waals surface area contributed by atoms with E-state index in [1.807, 2.05) is 50.2 Å². The second-order valence-corrected chi connectivity index (χ2v) is 11.9. The fraction of sp³-hybridized carbons (Fsp3) is 0.389. The first-order valence-corrected chi connectivity index (χ1v) is 15.1. The predicted molar refractivity (Wildman–Crippen MR) is 172 cm³/mol. The largest absolute Gasteiger partial charge is 0.507 e. The third kappa shape index (κ3) is 7.99. The van der Waals surface area contributed by atoms with Gasteiger partial charge in [-0.15, -0.1) is 0 Å². The molecule has 4 rings (SSSR count). The molecule has 1 unspecified atom stereocenters. The standard InChI is InChI=1S/C36H44N2O6/c1-24(2)17-20-43-30-16-13-28(22-31(30)42-6)33-32(35(40)36(41)38(33)19-8-18-37(4)5)34(39)27-11-14-29(15-12-27)44-23-26-10-7-9-25(3)21-26/h7,9-16,21-22,24,33,39H,8,17-20,23H2,1-6H3/b34-32+. The molecule has 1 aliphatic heterocycles. The highest BCUT2D eigenvalue weighted by Crippen LogP contribution is 2.42. The Morgan fingerprint density at radius 2 is 1.73 bits per heavy atom. The number of rotatable bonds is 14. The van der Waals surface area contributed by atoms with Crippen molar-refractivity contribution in [3.05, 3.63) is 94.6 Å². The van der Waals surface area contributed by atoms with Crippen LogP contribution in [0.1, 0.15) is 55.0 Å². The number of methoxy groups -OCH3 is 1. The van der Waals surface area contributed by atoms with Gasteiger partial charge in [-0.25, -0.2) is 0 Å². The summed E-state index contributed by atoms with van der Waals surface area (Å²) in [6.07, 6.45) is 1.56. The van der Waals surface area contributed by atoms with Crippen molar-refractivity contribution in [1.82, 2.24) is 9.80 Å². The Morgan fingerprint density at radius 1 is 0.977 bits per heavy atom. The minimum atomic E-state index is -0.784. The van der Waals surface area contributed by atoms with Crippen LogP contribution < -0.4 is 14.2 Å². The van der Waals surface area contributed by atoms with Crippen molar-refractivity contribution in [2.45, 2.75) is 46.3 Å². The fourth-order valence-corrected chi connectivity index (χ4v) is 5.23. The number of likely N-dealkylation sites (tertiary alicyclic amines) is 1. The summed E-state index contributed by atoms with van der Waals surface area (Å²) < 4.78 is 17.6. The maximum Gasteiger partial charge on any atom is 0.295 e. The van der Waals surface area contributed by atoms with Crippen LogP contribution in [0, 0.1) is 12.8 Å². The van der Waals surface area contributed by atoms with Crippen LogP contribution in [0.2, 0.25) is 0 Å². The van der Waals surface area contributed by atoms with Gasteiger partial charge in [-0.2, -0.15) is 0 Å². The summed E-state index contributed by atoms with van der Waals surface area (Å²) in [5.74, 6) is 0.628. The number of carbonyl (C=O) groups excluding carboxylic acids is 2. The van der Waals surface area contributed by atoms with Gasteiger partial charge in [-0.05, 0) is 93.8 Å². The molecule has 1 amide bonds. The number of aliphatic hydroxyl groups is 1. The third-order valence-corrected chi connectivity index (χ3v) is 7.62. The lowest BCUT2D eigenvalue weighted by molar-refractivity contribution is -0.139. The van der Waals surface area contributed by atoms with Gasteiger partial charge in [0.25, 0.3) is 11.7 Å². The van der Waals surface area contributed by atoms with Crippen molar-refractivity contribution in [2.75, 3.05) is 40.9 Å². The zero-order valence-corrected chi connectivity index (χ0v) is 26.6.